The van der Waals surface area contributed by atoms with Crippen molar-refractivity contribution in [3.63, 3.8) is 0 Å². The van der Waals surface area contributed by atoms with Crippen molar-refractivity contribution < 1.29 is 13.2 Å². The molecule has 2 aromatic rings. The van der Waals surface area contributed by atoms with Gasteiger partial charge in [-0.05, 0) is 24.3 Å². The number of nitrogens with zero attached hydrogens (tertiary/aromatic N) is 1. The van der Waals surface area contributed by atoms with Crippen LogP contribution < -0.4 is 5.32 Å². The quantitative estimate of drug-likeness (QED) is 0.910. The highest BCUT2D eigenvalue weighted by Gasteiger charge is 2.32. The topological polar surface area (TPSA) is 15.3 Å². The second-order valence-corrected chi connectivity index (χ2v) is 5.84. The molecular weight excluding hydrogens is 289 g/mol. The van der Waals surface area contributed by atoms with Crippen LogP contribution in [0.5, 0.6) is 0 Å². The highest BCUT2D eigenvalue weighted by molar-refractivity contribution is 5.93. The number of nitrogens with one attached hydrogen (secondary N) is 1. The van der Waals surface area contributed by atoms with Crippen LogP contribution in [0.15, 0.2) is 42.5 Å². The summed E-state index contributed by atoms with van der Waals surface area (Å²) in [4.78, 5) is 1.49. The molecule has 1 fully saturated rings. The monoisotopic (exact) mass is 308 g/mol. The number of likely N-dealkylation sites (tertiary alicyclic amines) is 1. The fourth-order valence-electron chi connectivity index (χ4n) is 3.06. The lowest BCUT2D eigenvalue weighted by Gasteiger charge is -2.33. The van der Waals surface area contributed by atoms with Crippen molar-refractivity contribution in [2.45, 2.75) is 25.1 Å². The molecule has 0 aromatic heterocycles. The predicted molar refractivity (Wildman–Crippen MR) is 83.1 cm³/mol. The van der Waals surface area contributed by atoms with E-state index in [9.17, 15) is 13.2 Å². The number of fused-ring (bicyclic) bond motifs is 1. The van der Waals surface area contributed by atoms with E-state index in [-0.39, 0.29) is 6.04 Å². The van der Waals surface area contributed by atoms with Gasteiger partial charge < -0.3 is 5.32 Å². The van der Waals surface area contributed by atoms with Crippen LogP contribution in [0, 0.1) is 0 Å². The number of anilines is 1. The van der Waals surface area contributed by atoms with Crippen LogP contribution in [-0.4, -0.2) is 36.8 Å². The van der Waals surface area contributed by atoms with Crippen LogP contribution in [0.3, 0.4) is 0 Å². The summed E-state index contributed by atoms with van der Waals surface area (Å²) in [5.41, 5.74) is 1.06. The van der Waals surface area contributed by atoms with Gasteiger partial charge in [-0.3, -0.25) is 4.90 Å². The molecule has 2 nitrogen and oxygen atoms in total. The Hall–Kier alpha value is -1.75. The Bertz CT molecular complexity index is 626. The molecule has 5 heteroatoms. The van der Waals surface area contributed by atoms with Gasteiger partial charge in [-0.2, -0.15) is 13.2 Å². The Labute approximate surface area is 127 Å². The van der Waals surface area contributed by atoms with Crippen molar-refractivity contribution in [1.82, 2.24) is 4.90 Å². The Morgan fingerprint density at radius 3 is 2.41 bits per heavy atom. The third-order valence-electron chi connectivity index (χ3n) is 4.14. The molecule has 3 rings (SSSR count). The molecule has 1 heterocycles. The van der Waals surface area contributed by atoms with Gasteiger partial charge in [0.1, 0.15) is 0 Å². The first kappa shape index (κ1) is 15.2. The average Bonchev–Trinajstić information content (AvgIpc) is 2.48. The Balaban J connectivity index is 1.63. The van der Waals surface area contributed by atoms with Gasteiger partial charge in [0.25, 0.3) is 0 Å². The molecule has 1 aliphatic heterocycles. The molecule has 0 atom stereocenters. The van der Waals surface area contributed by atoms with Crippen molar-refractivity contribution in [3.8, 4) is 0 Å². The summed E-state index contributed by atoms with van der Waals surface area (Å²) in [5, 5.41) is 5.82. The number of hydrogen-bond donors (Lipinski definition) is 1. The SMILES string of the molecule is FC(F)(F)CN1CCC(Nc2cccc3ccccc23)CC1. The van der Waals surface area contributed by atoms with Crippen LogP contribution in [0.25, 0.3) is 10.8 Å². The number of alkyl halides is 3. The van der Waals surface area contributed by atoms with Gasteiger partial charge in [0.2, 0.25) is 0 Å². The van der Waals surface area contributed by atoms with Crippen LogP contribution >= 0.6 is 0 Å². The van der Waals surface area contributed by atoms with Gasteiger partial charge in [0, 0.05) is 30.2 Å². The molecule has 0 unspecified atom stereocenters. The van der Waals surface area contributed by atoms with E-state index in [1.165, 1.54) is 10.3 Å². The van der Waals surface area contributed by atoms with Crippen molar-refractivity contribution in [2.75, 3.05) is 25.0 Å². The lowest BCUT2D eigenvalue weighted by molar-refractivity contribution is -0.147. The van der Waals surface area contributed by atoms with Crippen LogP contribution in [-0.2, 0) is 0 Å². The lowest BCUT2D eigenvalue weighted by Crippen LogP contribution is -2.43. The van der Waals surface area contributed by atoms with Crippen LogP contribution in [0.2, 0.25) is 0 Å². The zero-order valence-corrected chi connectivity index (χ0v) is 12.2. The van der Waals surface area contributed by atoms with Gasteiger partial charge in [-0.1, -0.05) is 36.4 Å². The van der Waals surface area contributed by atoms with Crippen molar-refractivity contribution in [1.29, 1.82) is 0 Å². The summed E-state index contributed by atoms with van der Waals surface area (Å²) in [6, 6.07) is 14.5. The molecule has 0 radical (unpaired) electrons. The lowest BCUT2D eigenvalue weighted by atomic mass is 10.0. The first-order valence-corrected chi connectivity index (χ1v) is 7.55. The normalized spacial score (nSPS) is 17.8. The Morgan fingerprint density at radius 1 is 1.00 bits per heavy atom. The third kappa shape index (κ3) is 3.71. The maximum atomic E-state index is 12.4. The summed E-state index contributed by atoms with van der Waals surface area (Å²) in [5.74, 6) is 0. The van der Waals surface area contributed by atoms with E-state index in [0.29, 0.717) is 13.1 Å². The molecular formula is C17H19F3N2. The first-order chi connectivity index (χ1) is 10.5. The van der Waals surface area contributed by atoms with Gasteiger partial charge in [0.05, 0.1) is 6.54 Å². The number of rotatable bonds is 3. The Kier molecular flexibility index (Phi) is 4.25. The third-order valence-corrected chi connectivity index (χ3v) is 4.14. The fraction of sp³-hybridized carbons (Fsp3) is 0.412. The van der Waals surface area contributed by atoms with Crippen molar-refractivity contribution in [3.05, 3.63) is 42.5 Å². The van der Waals surface area contributed by atoms with E-state index >= 15 is 0 Å². The van der Waals surface area contributed by atoms with E-state index in [2.05, 4.69) is 23.5 Å². The summed E-state index contributed by atoms with van der Waals surface area (Å²) < 4.78 is 37.2. The summed E-state index contributed by atoms with van der Waals surface area (Å²) >= 11 is 0. The number of piperidine rings is 1. The number of hydrogen-bond acceptors (Lipinski definition) is 2. The van der Waals surface area contributed by atoms with E-state index in [1.807, 2.05) is 24.3 Å². The maximum absolute atomic E-state index is 12.4. The second-order valence-electron chi connectivity index (χ2n) is 5.84. The first-order valence-electron chi connectivity index (χ1n) is 7.55. The highest BCUT2D eigenvalue weighted by Crippen LogP contribution is 2.26. The van der Waals surface area contributed by atoms with Gasteiger partial charge in [-0.25, -0.2) is 0 Å². The smallest absolute Gasteiger partial charge is 0.382 e. The minimum atomic E-state index is -4.10. The summed E-state index contributed by atoms with van der Waals surface area (Å²) in [6.07, 6.45) is -2.63. The van der Waals surface area contributed by atoms with Crippen molar-refractivity contribution in [2.24, 2.45) is 0 Å². The molecule has 118 valence electrons. The van der Waals surface area contributed by atoms with Crippen molar-refractivity contribution >= 4 is 16.5 Å². The molecule has 0 saturated carbocycles. The highest BCUT2D eigenvalue weighted by atomic mass is 19.4. The summed E-state index contributed by atoms with van der Waals surface area (Å²) in [7, 11) is 0. The largest absolute Gasteiger partial charge is 0.401 e. The minimum absolute atomic E-state index is 0.232. The maximum Gasteiger partial charge on any atom is 0.401 e. The molecule has 22 heavy (non-hydrogen) atoms. The number of halogens is 3. The van der Waals surface area contributed by atoms with E-state index < -0.39 is 12.7 Å². The van der Waals surface area contributed by atoms with E-state index in [4.69, 9.17) is 0 Å². The standard InChI is InChI=1S/C17H19F3N2/c18-17(19,20)12-22-10-8-14(9-11-22)21-16-7-3-5-13-4-1-2-6-15(13)16/h1-7,14,21H,8-12H2. The zero-order valence-electron chi connectivity index (χ0n) is 12.2. The Morgan fingerprint density at radius 2 is 1.68 bits per heavy atom. The van der Waals surface area contributed by atoms with E-state index in [0.717, 1.165) is 23.9 Å². The molecule has 1 aliphatic rings. The second kappa shape index (κ2) is 6.16. The minimum Gasteiger partial charge on any atom is -0.382 e. The zero-order chi connectivity index (χ0) is 15.6. The summed E-state index contributed by atoms with van der Waals surface area (Å²) in [6.45, 7) is 0.178. The number of benzene rings is 2. The molecule has 0 spiro atoms. The van der Waals surface area contributed by atoms with E-state index in [1.54, 1.807) is 0 Å². The average molecular weight is 308 g/mol. The molecule has 1 N–H and O–H groups in total. The predicted octanol–water partition coefficient (Wildman–Crippen LogP) is 4.28. The molecule has 0 aliphatic carbocycles. The van der Waals surface area contributed by atoms with Gasteiger partial charge in [0.15, 0.2) is 0 Å². The van der Waals surface area contributed by atoms with Gasteiger partial charge >= 0.3 is 6.18 Å². The van der Waals surface area contributed by atoms with Crippen LogP contribution in [0.4, 0.5) is 18.9 Å². The molecule has 0 bridgehead atoms. The molecule has 0 amide bonds. The molecule has 2 aromatic carbocycles. The van der Waals surface area contributed by atoms with Crippen LogP contribution in [0.1, 0.15) is 12.8 Å². The fourth-order valence-corrected chi connectivity index (χ4v) is 3.06. The van der Waals surface area contributed by atoms with Gasteiger partial charge in [-0.15, -0.1) is 0 Å². The molecule has 1 saturated heterocycles.